The largest absolute Gasteiger partial charge is 0.395 e. The van der Waals surface area contributed by atoms with E-state index in [2.05, 4.69) is 25.4 Å². The number of rotatable bonds is 7. The third-order valence-electron chi connectivity index (χ3n) is 1.71. The van der Waals surface area contributed by atoms with Crippen molar-refractivity contribution in [2.75, 3.05) is 25.2 Å². The molecule has 12 heavy (non-hydrogen) atoms. The van der Waals surface area contributed by atoms with E-state index in [1.807, 2.05) is 11.8 Å². The summed E-state index contributed by atoms with van der Waals surface area (Å²) in [6, 6.07) is 0.292. The topological polar surface area (TPSA) is 32.3 Å². The van der Waals surface area contributed by atoms with Crippen molar-refractivity contribution in [3.63, 3.8) is 0 Å². The Hall–Kier alpha value is 0.270. The Kier molecular flexibility index (Phi) is 8.07. The van der Waals surface area contributed by atoms with E-state index < -0.39 is 0 Å². The van der Waals surface area contributed by atoms with Crippen molar-refractivity contribution >= 4 is 11.8 Å². The van der Waals surface area contributed by atoms with Crippen LogP contribution in [-0.2, 0) is 0 Å². The minimum absolute atomic E-state index is 0.257. The summed E-state index contributed by atoms with van der Waals surface area (Å²) in [6.45, 7) is 5.61. The standard InChI is InChI=1S/C9H21NOS/c1-8(2)6-10-9(7-11)4-5-12-3/h8-11H,4-7H2,1-3H3. The van der Waals surface area contributed by atoms with Gasteiger partial charge in [-0.15, -0.1) is 0 Å². The molecule has 0 aromatic carbocycles. The molecule has 0 heterocycles. The van der Waals surface area contributed by atoms with Crippen LogP contribution in [0.25, 0.3) is 0 Å². The molecule has 74 valence electrons. The lowest BCUT2D eigenvalue weighted by Gasteiger charge is -2.16. The molecule has 0 aliphatic carbocycles. The summed E-state index contributed by atoms with van der Waals surface area (Å²) in [5.74, 6) is 1.78. The van der Waals surface area contributed by atoms with Crippen LogP contribution in [0.4, 0.5) is 0 Å². The number of hydrogen-bond acceptors (Lipinski definition) is 3. The second-order valence-electron chi connectivity index (χ2n) is 3.46. The zero-order valence-electron chi connectivity index (χ0n) is 8.34. The Balaban J connectivity index is 3.39. The third kappa shape index (κ3) is 6.95. The molecule has 0 bridgehead atoms. The maximum Gasteiger partial charge on any atom is 0.0584 e. The van der Waals surface area contributed by atoms with Crippen LogP contribution in [0.15, 0.2) is 0 Å². The summed E-state index contributed by atoms with van der Waals surface area (Å²) < 4.78 is 0. The molecule has 0 fully saturated rings. The van der Waals surface area contributed by atoms with Crippen molar-refractivity contribution in [2.45, 2.75) is 26.3 Å². The molecule has 0 saturated heterocycles. The van der Waals surface area contributed by atoms with E-state index in [4.69, 9.17) is 5.11 Å². The minimum Gasteiger partial charge on any atom is -0.395 e. The maximum absolute atomic E-state index is 8.99. The Morgan fingerprint density at radius 2 is 2.08 bits per heavy atom. The molecule has 3 heteroatoms. The summed E-state index contributed by atoms with van der Waals surface area (Å²) in [4.78, 5) is 0. The van der Waals surface area contributed by atoms with Gasteiger partial charge in [-0.2, -0.15) is 11.8 Å². The molecule has 0 radical (unpaired) electrons. The zero-order chi connectivity index (χ0) is 9.40. The highest BCUT2D eigenvalue weighted by Crippen LogP contribution is 2.00. The molecule has 2 N–H and O–H groups in total. The minimum atomic E-state index is 0.257. The van der Waals surface area contributed by atoms with Crippen LogP contribution in [-0.4, -0.2) is 36.3 Å². The first kappa shape index (κ1) is 12.3. The molecule has 0 saturated carbocycles. The Bertz CT molecular complexity index is 98.5. The van der Waals surface area contributed by atoms with E-state index in [1.165, 1.54) is 0 Å². The normalized spacial score (nSPS) is 13.8. The van der Waals surface area contributed by atoms with Gasteiger partial charge in [0.1, 0.15) is 0 Å². The fourth-order valence-corrected chi connectivity index (χ4v) is 1.44. The van der Waals surface area contributed by atoms with Gasteiger partial charge in [-0.3, -0.25) is 0 Å². The van der Waals surface area contributed by atoms with Crippen LogP contribution in [0, 0.1) is 5.92 Å². The SMILES string of the molecule is CSCCC(CO)NCC(C)C. The number of thioether (sulfide) groups is 1. The van der Waals surface area contributed by atoms with E-state index in [0.29, 0.717) is 12.0 Å². The van der Waals surface area contributed by atoms with E-state index in [9.17, 15) is 0 Å². The molecule has 1 atom stereocenters. The summed E-state index contributed by atoms with van der Waals surface area (Å²) in [5, 5.41) is 12.3. The second-order valence-corrected chi connectivity index (χ2v) is 4.45. The van der Waals surface area contributed by atoms with Gasteiger partial charge in [0, 0.05) is 6.04 Å². The maximum atomic E-state index is 8.99. The van der Waals surface area contributed by atoms with Gasteiger partial charge in [0.05, 0.1) is 6.61 Å². The van der Waals surface area contributed by atoms with E-state index in [1.54, 1.807) is 0 Å². The number of aliphatic hydroxyl groups is 1. The van der Waals surface area contributed by atoms with Crippen molar-refractivity contribution in [2.24, 2.45) is 5.92 Å². The first-order valence-corrected chi connectivity index (χ1v) is 5.93. The molecule has 2 nitrogen and oxygen atoms in total. The smallest absolute Gasteiger partial charge is 0.0584 e. The van der Waals surface area contributed by atoms with Gasteiger partial charge in [0.25, 0.3) is 0 Å². The molecule has 1 unspecified atom stereocenters. The van der Waals surface area contributed by atoms with Gasteiger partial charge < -0.3 is 10.4 Å². The van der Waals surface area contributed by atoms with Crippen molar-refractivity contribution in [1.29, 1.82) is 0 Å². The molecular formula is C9H21NOS. The Labute approximate surface area is 80.1 Å². The van der Waals surface area contributed by atoms with E-state index in [0.717, 1.165) is 18.7 Å². The third-order valence-corrected chi connectivity index (χ3v) is 2.35. The summed E-state index contributed by atoms with van der Waals surface area (Å²) in [6.07, 6.45) is 3.15. The molecule has 0 rings (SSSR count). The van der Waals surface area contributed by atoms with Crippen molar-refractivity contribution in [3.05, 3.63) is 0 Å². The lowest BCUT2D eigenvalue weighted by molar-refractivity contribution is 0.236. The van der Waals surface area contributed by atoms with Crippen LogP contribution in [0.1, 0.15) is 20.3 Å². The molecule has 0 aromatic heterocycles. The van der Waals surface area contributed by atoms with Gasteiger partial charge in [-0.05, 0) is 30.9 Å². The van der Waals surface area contributed by atoms with Crippen LogP contribution in [0.5, 0.6) is 0 Å². The lowest BCUT2D eigenvalue weighted by atomic mass is 10.2. The lowest BCUT2D eigenvalue weighted by Crippen LogP contribution is -2.35. The van der Waals surface area contributed by atoms with Crippen LogP contribution in [0.2, 0.25) is 0 Å². The highest BCUT2D eigenvalue weighted by Gasteiger charge is 2.05. The summed E-state index contributed by atoms with van der Waals surface area (Å²) >= 11 is 1.83. The van der Waals surface area contributed by atoms with Gasteiger partial charge in [-0.1, -0.05) is 13.8 Å². The first-order chi connectivity index (χ1) is 5.70. The molecular weight excluding hydrogens is 170 g/mol. The predicted molar refractivity (Wildman–Crippen MR) is 56.7 cm³/mol. The molecule has 0 aliphatic rings. The number of hydrogen-bond donors (Lipinski definition) is 2. The predicted octanol–water partition coefficient (Wildman–Crippen LogP) is 1.35. The Morgan fingerprint density at radius 1 is 1.42 bits per heavy atom. The zero-order valence-corrected chi connectivity index (χ0v) is 9.16. The summed E-state index contributed by atoms with van der Waals surface area (Å²) in [5.41, 5.74) is 0. The van der Waals surface area contributed by atoms with Gasteiger partial charge in [-0.25, -0.2) is 0 Å². The molecule has 0 amide bonds. The number of aliphatic hydroxyl groups excluding tert-OH is 1. The van der Waals surface area contributed by atoms with Crippen molar-refractivity contribution in [3.8, 4) is 0 Å². The van der Waals surface area contributed by atoms with Gasteiger partial charge >= 0.3 is 0 Å². The Morgan fingerprint density at radius 3 is 2.50 bits per heavy atom. The van der Waals surface area contributed by atoms with Crippen molar-refractivity contribution in [1.82, 2.24) is 5.32 Å². The average molecular weight is 191 g/mol. The van der Waals surface area contributed by atoms with E-state index in [-0.39, 0.29) is 6.61 Å². The molecule has 0 aliphatic heterocycles. The first-order valence-electron chi connectivity index (χ1n) is 4.53. The van der Waals surface area contributed by atoms with Crippen LogP contribution < -0.4 is 5.32 Å². The van der Waals surface area contributed by atoms with Crippen LogP contribution in [0.3, 0.4) is 0 Å². The van der Waals surface area contributed by atoms with Gasteiger partial charge in [0.15, 0.2) is 0 Å². The fourth-order valence-electron chi connectivity index (χ4n) is 0.920. The summed E-state index contributed by atoms with van der Waals surface area (Å²) in [7, 11) is 0. The van der Waals surface area contributed by atoms with Crippen molar-refractivity contribution < 1.29 is 5.11 Å². The van der Waals surface area contributed by atoms with E-state index >= 15 is 0 Å². The second kappa shape index (κ2) is 7.90. The molecule has 0 spiro atoms. The van der Waals surface area contributed by atoms with Crippen LogP contribution >= 0.6 is 11.8 Å². The quantitative estimate of drug-likeness (QED) is 0.637. The fraction of sp³-hybridized carbons (Fsp3) is 1.00. The molecule has 0 aromatic rings. The highest BCUT2D eigenvalue weighted by molar-refractivity contribution is 7.98. The monoisotopic (exact) mass is 191 g/mol. The van der Waals surface area contributed by atoms with Gasteiger partial charge in [0.2, 0.25) is 0 Å². The average Bonchev–Trinajstić information content (AvgIpc) is 2.05. The number of nitrogens with one attached hydrogen (secondary N) is 1. The highest BCUT2D eigenvalue weighted by atomic mass is 32.2.